The van der Waals surface area contributed by atoms with Crippen LogP contribution in [0.1, 0.15) is 43.0 Å². The van der Waals surface area contributed by atoms with Crippen LogP contribution in [0.3, 0.4) is 0 Å². The van der Waals surface area contributed by atoms with E-state index in [4.69, 9.17) is 9.47 Å². The summed E-state index contributed by atoms with van der Waals surface area (Å²) in [5.41, 5.74) is 1.22. The summed E-state index contributed by atoms with van der Waals surface area (Å²) in [6.45, 7) is 5.74. The summed E-state index contributed by atoms with van der Waals surface area (Å²) in [6, 6.07) is 10.5. The molecule has 1 unspecified atom stereocenters. The molecule has 0 fully saturated rings. The summed E-state index contributed by atoms with van der Waals surface area (Å²) in [5.74, 6) is 1.57. The third-order valence-corrected chi connectivity index (χ3v) is 3.86. The highest BCUT2D eigenvalue weighted by atomic mass is 16.5. The summed E-state index contributed by atoms with van der Waals surface area (Å²) >= 11 is 0. The van der Waals surface area contributed by atoms with Gasteiger partial charge in [-0.3, -0.25) is 9.20 Å². The van der Waals surface area contributed by atoms with Crippen LogP contribution in [0, 0.1) is 0 Å². The quantitative estimate of drug-likeness (QED) is 0.736. The second-order valence-corrected chi connectivity index (χ2v) is 6.21. The molecule has 7 nitrogen and oxygen atoms in total. The molecule has 2 aromatic heterocycles. The fraction of sp³-hybridized carbons (Fsp3) is 0.316. The number of nitrogens with zero attached hydrogens (tertiary/aromatic N) is 3. The summed E-state index contributed by atoms with van der Waals surface area (Å²) < 4.78 is 12.9. The van der Waals surface area contributed by atoms with E-state index in [9.17, 15) is 4.79 Å². The predicted molar refractivity (Wildman–Crippen MR) is 97.6 cm³/mol. The number of rotatable bonds is 6. The second kappa shape index (κ2) is 7.43. The smallest absolute Gasteiger partial charge is 0.252 e. The molecule has 136 valence electrons. The molecular formula is C19H22N4O3. The Kier molecular flexibility index (Phi) is 5.06. The van der Waals surface area contributed by atoms with Crippen molar-refractivity contribution in [1.29, 1.82) is 0 Å². The molecule has 1 amide bonds. The fourth-order valence-corrected chi connectivity index (χ4v) is 2.66. The molecule has 0 saturated heterocycles. The molecule has 1 aromatic carbocycles. The zero-order valence-electron chi connectivity index (χ0n) is 15.3. The molecule has 0 aliphatic rings. The first-order valence-corrected chi connectivity index (χ1v) is 8.45. The van der Waals surface area contributed by atoms with Crippen LogP contribution in [0.2, 0.25) is 0 Å². The molecule has 0 radical (unpaired) electrons. The number of amides is 1. The number of hydrogen-bond donors (Lipinski definition) is 1. The lowest BCUT2D eigenvalue weighted by molar-refractivity contribution is 0.0937. The summed E-state index contributed by atoms with van der Waals surface area (Å²) in [4.78, 5) is 12.6. The highest BCUT2D eigenvalue weighted by Crippen LogP contribution is 2.29. The van der Waals surface area contributed by atoms with Crippen LogP contribution in [0.25, 0.3) is 5.65 Å². The zero-order valence-corrected chi connectivity index (χ0v) is 15.3. The Balaban J connectivity index is 1.79. The third-order valence-electron chi connectivity index (χ3n) is 3.86. The molecular weight excluding hydrogens is 332 g/mol. The summed E-state index contributed by atoms with van der Waals surface area (Å²) in [6.07, 6.45) is 1.89. The van der Waals surface area contributed by atoms with Gasteiger partial charge in [0, 0.05) is 11.8 Å². The van der Waals surface area contributed by atoms with Gasteiger partial charge in [-0.2, -0.15) is 0 Å². The van der Waals surface area contributed by atoms with Crippen molar-refractivity contribution in [2.75, 3.05) is 7.11 Å². The topological polar surface area (TPSA) is 77.8 Å². The van der Waals surface area contributed by atoms with Gasteiger partial charge in [0.15, 0.2) is 23.0 Å². The summed E-state index contributed by atoms with van der Waals surface area (Å²) in [5, 5.41) is 11.2. The second-order valence-electron chi connectivity index (χ2n) is 6.21. The molecule has 0 aliphatic carbocycles. The number of nitrogens with one attached hydrogen (secondary N) is 1. The van der Waals surface area contributed by atoms with Gasteiger partial charge in [-0.05, 0) is 51.1 Å². The number of benzene rings is 1. The van der Waals surface area contributed by atoms with Gasteiger partial charge in [0.05, 0.1) is 19.3 Å². The van der Waals surface area contributed by atoms with Crippen LogP contribution in [-0.2, 0) is 0 Å². The van der Waals surface area contributed by atoms with Crippen LogP contribution in [0.5, 0.6) is 11.5 Å². The Morgan fingerprint density at radius 3 is 2.65 bits per heavy atom. The Hall–Kier alpha value is -3.09. The molecule has 1 atom stereocenters. The average Bonchev–Trinajstić information content (AvgIpc) is 3.05. The Labute approximate surface area is 152 Å². The van der Waals surface area contributed by atoms with Crippen molar-refractivity contribution in [3.05, 3.63) is 54.0 Å². The highest BCUT2D eigenvalue weighted by Gasteiger charge is 2.18. The van der Waals surface area contributed by atoms with Crippen molar-refractivity contribution in [3.63, 3.8) is 0 Å². The number of methoxy groups -OCH3 is 1. The van der Waals surface area contributed by atoms with Crippen molar-refractivity contribution in [1.82, 2.24) is 19.9 Å². The lowest BCUT2D eigenvalue weighted by atomic mass is 10.1. The zero-order chi connectivity index (χ0) is 18.7. The number of fused-ring (bicyclic) bond motifs is 1. The largest absolute Gasteiger partial charge is 0.493 e. The van der Waals surface area contributed by atoms with Gasteiger partial charge in [-0.15, -0.1) is 10.2 Å². The molecule has 0 spiro atoms. The molecule has 7 heteroatoms. The van der Waals surface area contributed by atoms with Crippen LogP contribution >= 0.6 is 0 Å². The number of carbonyl (C=O) groups excluding carboxylic acids is 1. The predicted octanol–water partition coefficient (Wildman–Crippen LogP) is 3.02. The highest BCUT2D eigenvalue weighted by molar-refractivity contribution is 5.95. The first kappa shape index (κ1) is 17.7. The van der Waals surface area contributed by atoms with E-state index >= 15 is 0 Å². The third kappa shape index (κ3) is 3.61. The molecule has 1 N–H and O–H groups in total. The number of pyridine rings is 1. The van der Waals surface area contributed by atoms with Crippen molar-refractivity contribution in [2.45, 2.75) is 32.9 Å². The average molecular weight is 354 g/mol. The van der Waals surface area contributed by atoms with Gasteiger partial charge in [0.1, 0.15) is 0 Å². The number of aromatic nitrogens is 3. The van der Waals surface area contributed by atoms with E-state index in [0.29, 0.717) is 22.9 Å². The number of carbonyl (C=O) groups is 1. The molecule has 2 heterocycles. The number of ether oxygens (including phenoxy) is 2. The van der Waals surface area contributed by atoms with Gasteiger partial charge in [-0.1, -0.05) is 6.07 Å². The Morgan fingerprint density at radius 2 is 1.92 bits per heavy atom. The van der Waals surface area contributed by atoms with Gasteiger partial charge in [0.2, 0.25) is 0 Å². The monoisotopic (exact) mass is 354 g/mol. The molecule has 0 aliphatic heterocycles. The lowest BCUT2D eigenvalue weighted by Crippen LogP contribution is -2.28. The molecule has 3 aromatic rings. The maximum Gasteiger partial charge on any atom is 0.252 e. The SMILES string of the molecule is COc1cc(C(=O)NC(C)c2nnc3ccccn23)ccc1OC(C)C. The van der Waals surface area contributed by atoms with E-state index < -0.39 is 0 Å². The van der Waals surface area contributed by atoms with E-state index in [0.717, 1.165) is 5.65 Å². The van der Waals surface area contributed by atoms with Crippen LogP contribution in [0.15, 0.2) is 42.6 Å². The van der Waals surface area contributed by atoms with Gasteiger partial charge in [-0.25, -0.2) is 0 Å². The lowest BCUT2D eigenvalue weighted by Gasteiger charge is -2.16. The van der Waals surface area contributed by atoms with Crippen molar-refractivity contribution < 1.29 is 14.3 Å². The number of hydrogen-bond acceptors (Lipinski definition) is 5. The van der Waals surface area contributed by atoms with Gasteiger partial charge >= 0.3 is 0 Å². The first-order valence-electron chi connectivity index (χ1n) is 8.45. The van der Waals surface area contributed by atoms with Crippen molar-refractivity contribution in [3.8, 4) is 11.5 Å². The Morgan fingerprint density at radius 1 is 1.12 bits per heavy atom. The molecule has 3 rings (SSSR count). The standard InChI is InChI=1S/C19H22N4O3/c1-12(2)26-15-9-8-14(11-16(15)25-4)19(24)20-13(3)18-22-21-17-7-5-6-10-23(17)18/h5-13H,1-4H3,(H,20,24). The minimum Gasteiger partial charge on any atom is -0.493 e. The Bertz CT molecular complexity index is 920. The molecule has 0 saturated carbocycles. The van der Waals surface area contributed by atoms with Crippen molar-refractivity contribution >= 4 is 11.6 Å². The summed E-state index contributed by atoms with van der Waals surface area (Å²) in [7, 11) is 1.55. The first-order chi connectivity index (χ1) is 12.5. The normalized spacial score (nSPS) is 12.2. The fourth-order valence-electron chi connectivity index (χ4n) is 2.66. The van der Waals surface area contributed by atoms with Crippen molar-refractivity contribution in [2.24, 2.45) is 0 Å². The maximum atomic E-state index is 12.6. The van der Waals surface area contributed by atoms with E-state index in [1.54, 1.807) is 25.3 Å². The van der Waals surface area contributed by atoms with E-state index in [-0.39, 0.29) is 18.1 Å². The van der Waals surface area contributed by atoms with Gasteiger partial charge < -0.3 is 14.8 Å². The molecule has 0 bridgehead atoms. The van der Waals surface area contributed by atoms with E-state index in [1.807, 2.05) is 49.6 Å². The minimum atomic E-state index is -0.308. The van der Waals surface area contributed by atoms with E-state index in [1.165, 1.54) is 0 Å². The van der Waals surface area contributed by atoms with Crippen LogP contribution in [-0.4, -0.2) is 33.7 Å². The van der Waals surface area contributed by atoms with Crippen LogP contribution < -0.4 is 14.8 Å². The van der Waals surface area contributed by atoms with E-state index in [2.05, 4.69) is 15.5 Å². The van der Waals surface area contributed by atoms with Crippen LogP contribution in [0.4, 0.5) is 0 Å². The molecule has 26 heavy (non-hydrogen) atoms. The minimum absolute atomic E-state index is 0.0184. The maximum absolute atomic E-state index is 12.6. The van der Waals surface area contributed by atoms with Gasteiger partial charge in [0.25, 0.3) is 5.91 Å².